The quantitative estimate of drug-likeness (QED) is 0.882. The lowest BCUT2D eigenvalue weighted by Gasteiger charge is -2.09. The average Bonchev–Trinajstić information content (AvgIpc) is 2.83. The lowest BCUT2D eigenvalue weighted by molar-refractivity contribution is 0.0695. The first-order valence-corrected chi connectivity index (χ1v) is 6.26. The van der Waals surface area contributed by atoms with E-state index >= 15 is 0 Å². The van der Waals surface area contributed by atoms with Crippen LogP contribution >= 0.6 is 0 Å². The maximum atomic E-state index is 13.3. The first-order valence-electron chi connectivity index (χ1n) is 6.26. The Morgan fingerprint density at radius 3 is 2.95 bits per heavy atom. The van der Waals surface area contributed by atoms with E-state index < -0.39 is 11.8 Å². The summed E-state index contributed by atoms with van der Waals surface area (Å²) in [6, 6.07) is 3.41. The lowest BCUT2D eigenvalue weighted by atomic mass is 10.2. The Kier molecular flexibility index (Phi) is 4.34. The van der Waals surface area contributed by atoms with Crippen LogP contribution in [-0.2, 0) is 13.2 Å². The number of carbonyl (C=O) groups is 1. The molecule has 106 valence electrons. The Morgan fingerprint density at radius 1 is 1.45 bits per heavy atom. The second-order valence-corrected chi connectivity index (χ2v) is 4.35. The molecule has 2 rings (SSSR count). The number of rotatable bonds is 6. The van der Waals surface area contributed by atoms with Gasteiger partial charge in [0.05, 0.1) is 23.8 Å². The van der Waals surface area contributed by atoms with Crippen LogP contribution in [0.4, 0.5) is 4.39 Å². The van der Waals surface area contributed by atoms with Crippen molar-refractivity contribution in [2.45, 2.75) is 26.5 Å². The highest BCUT2D eigenvalue weighted by Gasteiger charge is 2.09. The fraction of sp³-hybridized carbons (Fsp3) is 0.286. The van der Waals surface area contributed by atoms with Crippen molar-refractivity contribution in [2.24, 2.45) is 0 Å². The smallest absolute Gasteiger partial charge is 0.335 e. The van der Waals surface area contributed by atoms with Gasteiger partial charge in [0.15, 0.2) is 0 Å². The summed E-state index contributed by atoms with van der Waals surface area (Å²) in [4.78, 5) is 14.9. The highest BCUT2D eigenvalue weighted by molar-refractivity contribution is 5.88. The number of carboxylic acids is 1. The molecular weight excluding hydrogens is 263 g/mol. The van der Waals surface area contributed by atoms with Crippen LogP contribution in [0.5, 0.6) is 5.75 Å². The molecule has 2 aromatic rings. The minimum absolute atomic E-state index is 0.137. The molecule has 0 unspecified atom stereocenters. The van der Waals surface area contributed by atoms with E-state index in [4.69, 9.17) is 9.84 Å². The van der Waals surface area contributed by atoms with Gasteiger partial charge >= 0.3 is 5.97 Å². The third-order valence-electron chi connectivity index (χ3n) is 2.77. The molecule has 20 heavy (non-hydrogen) atoms. The normalized spacial score (nSPS) is 10.5. The second kappa shape index (κ2) is 6.18. The molecule has 0 bridgehead atoms. The van der Waals surface area contributed by atoms with Crippen LogP contribution < -0.4 is 4.74 Å². The Morgan fingerprint density at radius 2 is 2.25 bits per heavy atom. The number of nitrogens with zero attached hydrogens (tertiary/aromatic N) is 2. The summed E-state index contributed by atoms with van der Waals surface area (Å²) in [5.74, 6) is -1.64. The zero-order chi connectivity index (χ0) is 14.5. The van der Waals surface area contributed by atoms with E-state index in [0.717, 1.165) is 30.8 Å². The molecule has 0 aliphatic heterocycles. The number of imidazole rings is 1. The lowest BCUT2D eigenvalue weighted by Crippen LogP contribution is -2.06. The number of halogens is 1. The van der Waals surface area contributed by atoms with Crippen LogP contribution in [0.3, 0.4) is 0 Å². The molecular formula is C14H15FN2O3. The summed E-state index contributed by atoms with van der Waals surface area (Å²) in [5.41, 5.74) is 0.718. The zero-order valence-corrected chi connectivity index (χ0v) is 11.0. The fourth-order valence-electron chi connectivity index (χ4n) is 1.84. The van der Waals surface area contributed by atoms with Crippen LogP contribution in [0.15, 0.2) is 30.7 Å². The summed E-state index contributed by atoms with van der Waals surface area (Å²) in [7, 11) is 0. The number of aromatic carboxylic acids is 1. The van der Waals surface area contributed by atoms with Crippen LogP contribution in [0, 0.1) is 5.82 Å². The summed E-state index contributed by atoms with van der Waals surface area (Å²) in [6.07, 6.45) is 4.34. The number of hydrogen-bond donors (Lipinski definition) is 1. The standard InChI is InChI=1S/C14H15FN2O3/c1-2-3-17-9-16-7-12(17)8-20-13-5-10(14(18)19)4-11(15)6-13/h4-7,9H,2-3,8H2,1H3,(H,18,19). The van der Waals surface area contributed by atoms with Gasteiger partial charge in [-0.15, -0.1) is 0 Å². The number of ether oxygens (including phenoxy) is 1. The van der Waals surface area contributed by atoms with E-state index in [0.29, 0.717) is 0 Å². The van der Waals surface area contributed by atoms with Crippen LogP contribution in [0.1, 0.15) is 29.4 Å². The minimum Gasteiger partial charge on any atom is -0.487 e. The second-order valence-electron chi connectivity index (χ2n) is 4.35. The number of aromatic nitrogens is 2. The van der Waals surface area contributed by atoms with E-state index in [1.54, 1.807) is 12.5 Å². The van der Waals surface area contributed by atoms with Crippen molar-refractivity contribution in [3.05, 3.63) is 47.8 Å². The molecule has 1 heterocycles. The van der Waals surface area contributed by atoms with E-state index in [9.17, 15) is 9.18 Å². The van der Waals surface area contributed by atoms with E-state index in [1.165, 1.54) is 6.07 Å². The first kappa shape index (κ1) is 14.0. The predicted molar refractivity (Wildman–Crippen MR) is 70.2 cm³/mol. The van der Waals surface area contributed by atoms with Crippen LogP contribution in [-0.4, -0.2) is 20.6 Å². The molecule has 0 saturated heterocycles. The molecule has 0 atom stereocenters. The molecule has 0 saturated carbocycles. The van der Waals surface area contributed by atoms with Gasteiger partial charge < -0.3 is 14.4 Å². The Labute approximate surface area is 115 Å². The Hall–Kier alpha value is -2.37. The maximum Gasteiger partial charge on any atom is 0.335 e. The third kappa shape index (κ3) is 3.34. The number of hydrogen-bond acceptors (Lipinski definition) is 3. The Bertz CT molecular complexity index is 610. The largest absolute Gasteiger partial charge is 0.487 e. The van der Waals surface area contributed by atoms with Crippen molar-refractivity contribution in [1.29, 1.82) is 0 Å². The summed E-state index contributed by atoms with van der Waals surface area (Å²) in [5, 5.41) is 8.86. The van der Waals surface area contributed by atoms with Crippen LogP contribution in [0.2, 0.25) is 0 Å². The van der Waals surface area contributed by atoms with Gasteiger partial charge in [0.25, 0.3) is 0 Å². The molecule has 0 fully saturated rings. The van der Waals surface area contributed by atoms with Gasteiger partial charge in [0.1, 0.15) is 18.2 Å². The van der Waals surface area contributed by atoms with Crippen molar-refractivity contribution < 1.29 is 19.0 Å². The van der Waals surface area contributed by atoms with E-state index in [2.05, 4.69) is 11.9 Å². The molecule has 1 N–H and O–H groups in total. The molecule has 6 heteroatoms. The predicted octanol–water partition coefficient (Wildman–Crippen LogP) is 2.71. The Balaban J connectivity index is 2.10. The minimum atomic E-state index is -1.19. The average molecular weight is 278 g/mol. The third-order valence-corrected chi connectivity index (χ3v) is 2.77. The molecule has 0 spiro atoms. The first-order chi connectivity index (χ1) is 9.60. The maximum absolute atomic E-state index is 13.3. The fourth-order valence-corrected chi connectivity index (χ4v) is 1.84. The summed E-state index contributed by atoms with van der Waals surface area (Å²) >= 11 is 0. The molecule has 1 aromatic heterocycles. The molecule has 0 aliphatic carbocycles. The topological polar surface area (TPSA) is 64.4 Å². The SMILES string of the molecule is CCCn1cncc1COc1cc(F)cc(C(=O)O)c1. The van der Waals surface area contributed by atoms with Crippen molar-refractivity contribution >= 4 is 5.97 Å². The van der Waals surface area contributed by atoms with Gasteiger partial charge in [-0.3, -0.25) is 0 Å². The van der Waals surface area contributed by atoms with Crippen molar-refractivity contribution in [2.75, 3.05) is 0 Å². The molecule has 5 nitrogen and oxygen atoms in total. The van der Waals surface area contributed by atoms with Crippen molar-refractivity contribution in [3.63, 3.8) is 0 Å². The number of carboxylic acid groups (broad SMARTS) is 1. The summed E-state index contributed by atoms with van der Waals surface area (Å²) < 4.78 is 20.7. The highest BCUT2D eigenvalue weighted by Crippen LogP contribution is 2.18. The van der Waals surface area contributed by atoms with Crippen molar-refractivity contribution in [3.8, 4) is 5.75 Å². The molecule has 1 aromatic carbocycles. The summed E-state index contributed by atoms with van der Waals surface area (Å²) in [6.45, 7) is 3.08. The molecule has 0 amide bonds. The van der Waals surface area contributed by atoms with Crippen molar-refractivity contribution in [1.82, 2.24) is 9.55 Å². The number of benzene rings is 1. The van der Waals surface area contributed by atoms with Gasteiger partial charge in [0.2, 0.25) is 0 Å². The zero-order valence-electron chi connectivity index (χ0n) is 11.0. The highest BCUT2D eigenvalue weighted by atomic mass is 19.1. The van der Waals surface area contributed by atoms with E-state index in [1.807, 2.05) is 4.57 Å². The van der Waals surface area contributed by atoms with E-state index in [-0.39, 0.29) is 17.9 Å². The molecule has 0 radical (unpaired) electrons. The number of aryl methyl sites for hydroxylation is 1. The van der Waals surface area contributed by atoms with Gasteiger partial charge in [-0.05, 0) is 18.6 Å². The van der Waals surface area contributed by atoms with Gasteiger partial charge in [0, 0.05) is 12.6 Å². The van der Waals surface area contributed by atoms with Gasteiger partial charge in [-0.25, -0.2) is 14.2 Å². The molecule has 0 aliphatic rings. The monoisotopic (exact) mass is 278 g/mol. The van der Waals surface area contributed by atoms with Crippen LogP contribution in [0.25, 0.3) is 0 Å². The van der Waals surface area contributed by atoms with Gasteiger partial charge in [-0.1, -0.05) is 6.92 Å². The van der Waals surface area contributed by atoms with Gasteiger partial charge in [-0.2, -0.15) is 0 Å².